The fraction of sp³-hybridized carbons (Fsp3) is 0.286. The SMILES string of the molecule is CCOC(=O)CCn1nc(-c2ccccc2)c2c1C(=O)N(CCCn1ccnc1)C2c1ccc(Br)cc1. The molecule has 0 N–H and O–H groups in total. The number of imidazole rings is 1. The van der Waals surface area contributed by atoms with Crippen LogP contribution in [0.25, 0.3) is 11.3 Å². The number of aromatic nitrogens is 4. The zero-order valence-electron chi connectivity index (χ0n) is 20.6. The molecule has 3 heterocycles. The molecule has 2 aromatic heterocycles. The van der Waals surface area contributed by atoms with Gasteiger partial charge in [-0.3, -0.25) is 14.3 Å². The summed E-state index contributed by atoms with van der Waals surface area (Å²) in [4.78, 5) is 32.2. The minimum Gasteiger partial charge on any atom is -0.466 e. The number of nitrogens with zero attached hydrogens (tertiary/aromatic N) is 5. The molecule has 8 nitrogen and oxygen atoms in total. The van der Waals surface area contributed by atoms with E-state index >= 15 is 0 Å². The molecule has 0 fully saturated rings. The van der Waals surface area contributed by atoms with Crippen molar-refractivity contribution in [2.75, 3.05) is 13.2 Å². The lowest BCUT2D eigenvalue weighted by molar-refractivity contribution is -0.143. The zero-order chi connectivity index (χ0) is 25.8. The normalized spacial score (nSPS) is 14.7. The number of carbonyl (C=O) groups is 2. The molecule has 0 bridgehead atoms. The Kier molecular flexibility index (Phi) is 7.50. The van der Waals surface area contributed by atoms with Crippen LogP contribution in [0, 0.1) is 0 Å². The van der Waals surface area contributed by atoms with Crippen LogP contribution in [0.1, 0.15) is 47.4 Å². The van der Waals surface area contributed by atoms with Crippen molar-refractivity contribution in [3.05, 3.63) is 94.6 Å². The van der Waals surface area contributed by atoms with E-state index in [-0.39, 0.29) is 30.9 Å². The Morgan fingerprint density at radius 2 is 1.84 bits per heavy atom. The highest BCUT2D eigenvalue weighted by molar-refractivity contribution is 9.10. The second-order valence-corrected chi connectivity index (χ2v) is 9.78. The van der Waals surface area contributed by atoms with E-state index in [0.717, 1.165) is 39.8 Å². The second-order valence-electron chi connectivity index (χ2n) is 8.86. The van der Waals surface area contributed by atoms with Gasteiger partial charge in [0.1, 0.15) is 5.69 Å². The van der Waals surface area contributed by atoms with Gasteiger partial charge >= 0.3 is 5.97 Å². The molecule has 9 heteroatoms. The second kappa shape index (κ2) is 11.1. The van der Waals surface area contributed by atoms with Crippen molar-refractivity contribution < 1.29 is 14.3 Å². The summed E-state index contributed by atoms with van der Waals surface area (Å²) in [7, 11) is 0. The Hall–Kier alpha value is -3.72. The molecule has 0 aliphatic carbocycles. The Labute approximate surface area is 224 Å². The first-order valence-electron chi connectivity index (χ1n) is 12.4. The largest absolute Gasteiger partial charge is 0.466 e. The molecule has 2 aromatic carbocycles. The van der Waals surface area contributed by atoms with E-state index in [4.69, 9.17) is 9.84 Å². The maximum atomic E-state index is 14.0. The van der Waals surface area contributed by atoms with Crippen molar-refractivity contribution in [1.82, 2.24) is 24.2 Å². The Balaban J connectivity index is 1.56. The van der Waals surface area contributed by atoms with Gasteiger partial charge in [-0.25, -0.2) is 4.98 Å². The molecular formula is C28H28BrN5O3. The number of amides is 1. The summed E-state index contributed by atoms with van der Waals surface area (Å²) in [6.07, 6.45) is 6.39. The highest BCUT2D eigenvalue weighted by Gasteiger charge is 2.43. The first-order valence-corrected chi connectivity index (χ1v) is 13.2. The van der Waals surface area contributed by atoms with Gasteiger partial charge in [0.2, 0.25) is 0 Å². The Morgan fingerprint density at radius 3 is 2.54 bits per heavy atom. The third-order valence-corrected chi connectivity index (χ3v) is 7.01. The molecule has 1 aliphatic rings. The standard InChI is InChI=1S/C28H28BrN5O3/c1-2-37-23(35)13-17-34-27-24(25(31-34)20-7-4-3-5-8-20)26(21-9-11-22(29)12-10-21)33(28(27)36)16-6-15-32-18-14-30-19-32/h3-5,7-12,14,18-19,26H,2,6,13,15-17H2,1H3. The lowest BCUT2D eigenvalue weighted by atomic mass is 9.96. The molecule has 190 valence electrons. The Morgan fingerprint density at radius 1 is 1.05 bits per heavy atom. The smallest absolute Gasteiger partial charge is 0.307 e. The van der Waals surface area contributed by atoms with E-state index in [0.29, 0.717) is 18.8 Å². The monoisotopic (exact) mass is 561 g/mol. The summed E-state index contributed by atoms with van der Waals surface area (Å²) in [6.45, 7) is 3.70. The summed E-state index contributed by atoms with van der Waals surface area (Å²) in [5.41, 5.74) is 4.13. The van der Waals surface area contributed by atoms with Gasteiger partial charge in [-0.15, -0.1) is 0 Å². The van der Waals surface area contributed by atoms with Crippen molar-refractivity contribution in [3.63, 3.8) is 0 Å². The van der Waals surface area contributed by atoms with Crippen molar-refractivity contribution in [2.45, 2.75) is 38.9 Å². The van der Waals surface area contributed by atoms with Crippen LogP contribution in [0.3, 0.4) is 0 Å². The van der Waals surface area contributed by atoms with Gasteiger partial charge in [0.05, 0.1) is 37.6 Å². The predicted octanol–water partition coefficient (Wildman–Crippen LogP) is 5.10. The van der Waals surface area contributed by atoms with E-state index in [1.807, 2.05) is 70.3 Å². The molecule has 4 aromatic rings. The number of hydrogen-bond donors (Lipinski definition) is 0. The maximum absolute atomic E-state index is 14.0. The first kappa shape index (κ1) is 25.0. The zero-order valence-corrected chi connectivity index (χ0v) is 22.2. The number of fused-ring (bicyclic) bond motifs is 1. The van der Waals surface area contributed by atoms with Crippen LogP contribution in [0.2, 0.25) is 0 Å². The van der Waals surface area contributed by atoms with Crippen molar-refractivity contribution >= 4 is 27.8 Å². The third-order valence-electron chi connectivity index (χ3n) is 6.48. The summed E-state index contributed by atoms with van der Waals surface area (Å²) in [6, 6.07) is 17.7. The number of halogens is 1. The van der Waals surface area contributed by atoms with E-state index in [1.165, 1.54) is 0 Å². The number of aryl methyl sites for hydroxylation is 2. The molecule has 0 saturated carbocycles. The van der Waals surface area contributed by atoms with E-state index < -0.39 is 0 Å². The molecule has 0 spiro atoms. The van der Waals surface area contributed by atoms with Crippen LogP contribution >= 0.6 is 15.9 Å². The Bertz CT molecular complexity index is 1370. The fourth-order valence-corrected chi connectivity index (χ4v) is 5.10. The lowest BCUT2D eigenvalue weighted by Crippen LogP contribution is -2.32. The number of rotatable bonds is 10. The van der Waals surface area contributed by atoms with Crippen LogP contribution in [-0.4, -0.2) is 49.3 Å². The average Bonchev–Trinajstić information content (AvgIpc) is 3.62. The van der Waals surface area contributed by atoms with Gasteiger partial charge in [0.25, 0.3) is 5.91 Å². The molecular weight excluding hydrogens is 534 g/mol. The van der Waals surface area contributed by atoms with E-state index in [9.17, 15) is 9.59 Å². The minimum absolute atomic E-state index is 0.0768. The van der Waals surface area contributed by atoms with Gasteiger partial charge in [-0.05, 0) is 31.0 Å². The van der Waals surface area contributed by atoms with Crippen LogP contribution in [0.5, 0.6) is 0 Å². The number of esters is 1. The summed E-state index contributed by atoms with van der Waals surface area (Å²) in [5.74, 6) is -0.382. The average molecular weight is 562 g/mol. The number of carbonyl (C=O) groups excluding carboxylic acids is 2. The highest BCUT2D eigenvalue weighted by atomic mass is 79.9. The van der Waals surface area contributed by atoms with Crippen molar-refractivity contribution in [1.29, 1.82) is 0 Å². The lowest BCUT2D eigenvalue weighted by Gasteiger charge is -2.26. The first-order chi connectivity index (χ1) is 18.1. The van der Waals surface area contributed by atoms with Crippen molar-refractivity contribution in [3.8, 4) is 11.3 Å². The predicted molar refractivity (Wildman–Crippen MR) is 143 cm³/mol. The molecule has 1 unspecified atom stereocenters. The number of ether oxygens (including phenoxy) is 1. The van der Waals surface area contributed by atoms with Crippen LogP contribution in [0.4, 0.5) is 0 Å². The molecule has 0 radical (unpaired) electrons. The van der Waals surface area contributed by atoms with Gasteiger partial charge in [-0.1, -0.05) is 58.4 Å². The third kappa shape index (κ3) is 5.22. The highest BCUT2D eigenvalue weighted by Crippen LogP contribution is 2.44. The van der Waals surface area contributed by atoms with Crippen LogP contribution in [-0.2, 0) is 22.6 Å². The molecule has 5 rings (SSSR count). The maximum Gasteiger partial charge on any atom is 0.307 e. The molecule has 1 amide bonds. The summed E-state index contributed by atoms with van der Waals surface area (Å²) in [5, 5.41) is 4.87. The van der Waals surface area contributed by atoms with Gasteiger partial charge < -0.3 is 14.2 Å². The van der Waals surface area contributed by atoms with E-state index in [2.05, 4.69) is 20.9 Å². The summed E-state index contributed by atoms with van der Waals surface area (Å²) >= 11 is 3.53. The minimum atomic E-state index is -0.305. The quantitative estimate of drug-likeness (QED) is 0.252. The topological polar surface area (TPSA) is 82.3 Å². The molecule has 1 aliphatic heterocycles. The molecule has 37 heavy (non-hydrogen) atoms. The molecule has 0 saturated heterocycles. The van der Waals surface area contributed by atoms with E-state index in [1.54, 1.807) is 24.1 Å². The van der Waals surface area contributed by atoms with Gasteiger partial charge in [0.15, 0.2) is 0 Å². The van der Waals surface area contributed by atoms with Gasteiger partial charge in [-0.2, -0.15) is 5.10 Å². The van der Waals surface area contributed by atoms with Crippen LogP contribution < -0.4 is 0 Å². The van der Waals surface area contributed by atoms with Crippen molar-refractivity contribution in [2.24, 2.45) is 0 Å². The number of hydrogen-bond acceptors (Lipinski definition) is 5. The van der Waals surface area contributed by atoms with Crippen LogP contribution in [0.15, 0.2) is 77.8 Å². The molecule has 1 atom stereocenters. The van der Waals surface area contributed by atoms with Gasteiger partial charge in [0, 0.05) is 41.1 Å². The summed E-state index contributed by atoms with van der Waals surface area (Å²) < 4.78 is 9.80. The number of benzene rings is 2. The fourth-order valence-electron chi connectivity index (χ4n) is 4.84.